The molecule has 0 aliphatic carbocycles. The molecule has 2 heterocycles. The third kappa shape index (κ3) is 4.14. The fraction of sp³-hybridized carbons (Fsp3) is 1.00. The summed E-state index contributed by atoms with van der Waals surface area (Å²) in [4.78, 5) is 2.77. The Hall–Kier alpha value is 0.270. The van der Waals surface area contributed by atoms with E-state index in [-0.39, 0.29) is 0 Å². The van der Waals surface area contributed by atoms with Gasteiger partial charge in [0, 0.05) is 18.3 Å². The Bertz CT molecular complexity index is 249. The fourth-order valence-electron chi connectivity index (χ4n) is 3.39. The van der Waals surface area contributed by atoms with E-state index < -0.39 is 0 Å². The summed E-state index contributed by atoms with van der Waals surface area (Å²) in [6.45, 7) is 12.2. The molecule has 0 amide bonds. The van der Waals surface area contributed by atoms with E-state index in [0.29, 0.717) is 5.41 Å². The van der Waals surface area contributed by atoms with Crippen LogP contribution in [0.5, 0.6) is 0 Å². The van der Waals surface area contributed by atoms with Gasteiger partial charge in [0.15, 0.2) is 0 Å². The molecule has 1 atom stereocenters. The fourth-order valence-corrected chi connectivity index (χ4v) is 4.78. The highest BCUT2D eigenvalue weighted by Crippen LogP contribution is 2.36. The van der Waals surface area contributed by atoms with Crippen LogP contribution < -0.4 is 5.32 Å². The van der Waals surface area contributed by atoms with Crippen molar-refractivity contribution in [1.29, 1.82) is 0 Å². The minimum absolute atomic E-state index is 0.537. The summed E-state index contributed by atoms with van der Waals surface area (Å²) >= 11 is 2.16. The Labute approximate surface area is 117 Å². The molecule has 1 unspecified atom stereocenters. The van der Waals surface area contributed by atoms with Crippen LogP contribution in [0.3, 0.4) is 0 Å². The Balaban J connectivity index is 1.86. The van der Waals surface area contributed by atoms with Crippen molar-refractivity contribution in [3.63, 3.8) is 0 Å². The summed E-state index contributed by atoms with van der Waals surface area (Å²) in [7, 11) is 0. The second-order valence-electron chi connectivity index (χ2n) is 6.82. The summed E-state index contributed by atoms with van der Waals surface area (Å²) < 4.78 is 0. The van der Waals surface area contributed by atoms with Gasteiger partial charge in [0.2, 0.25) is 0 Å². The van der Waals surface area contributed by atoms with E-state index in [2.05, 4.69) is 42.7 Å². The summed E-state index contributed by atoms with van der Waals surface area (Å²) in [6.07, 6.45) is 4.14. The normalized spacial score (nSPS) is 29.7. The van der Waals surface area contributed by atoms with Gasteiger partial charge < -0.3 is 5.32 Å². The highest BCUT2D eigenvalue weighted by Gasteiger charge is 2.32. The van der Waals surface area contributed by atoms with Gasteiger partial charge in [-0.2, -0.15) is 11.8 Å². The van der Waals surface area contributed by atoms with Crippen LogP contribution in [0.4, 0.5) is 0 Å². The largest absolute Gasteiger partial charge is 0.317 e. The van der Waals surface area contributed by atoms with Gasteiger partial charge in [0.25, 0.3) is 0 Å². The first kappa shape index (κ1) is 14.7. The van der Waals surface area contributed by atoms with E-state index in [0.717, 1.165) is 12.0 Å². The molecule has 2 rings (SSSR count). The predicted octanol–water partition coefficient (Wildman–Crippen LogP) is 2.84. The molecule has 2 saturated heterocycles. The molecular weight excluding hydrogens is 240 g/mol. The smallest absolute Gasteiger partial charge is 0.0191 e. The maximum Gasteiger partial charge on any atom is 0.0191 e. The quantitative estimate of drug-likeness (QED) is 0.846. The maximum atomic E-state index is 3.48. The van der Waals surface area contributed by atoms with Crippen LogP contribution in [0.25, 0.3) is 0 Å². The number of nitrogens with zero attached hydrogens (tertiary/aromatic N) is 1. The summed E-state index contributed by atoms with van der Waals surface area (Å²) in [5, 5.41) is 3.48. The molecule has 0 aromatic carbocycles. The maximum absolute atomic E-state index is 3.48. The molecule has 0 radical (unpaired) electrons. The molecular formula is C15H30N2S. The molecule has 3 heteroatoms. The zero-order valence-electron chi connectivity index (χ0n) is 12.4. The number of hydrogen-bond acceptors (Lipinski definition) is 3. The van der Waals surface area contributed by atoms with Gasteiger partial charge in [-0.1, -0.05) is 20.8 Å². The van der Waals surface area contributed by atoms with Crippen molar-refractivity contribution in [2.45, 2.75) is 46.1 Å². The number of hydrogen-bond donors (Lipinski definition) is 1. The van der Waals surface area contributed by atoms with E-state index >= 15 is 0 Å². The van der Waals surface area contributed by atoms with Crippen LogP contribution in [-0.2, 0) is 0 Å². The average Bonchev–Trinajstić information content (AvgIpc) is 2.36. The first-order valence-corrected chi connectivity index (χ1v) is 8.79. The topological polar surface area (TPSA) is 15.3 Å². The van der Waals surface area contributed by atoms with Crippen molar-refractivity contribution in [2.24, 2.45) is 11.3 Å². The van der Waals surface area contributed by atoms with Crippen LogP contribution in [0.2, 0.25) is 0 Å². The summed E-state index contributed by atoms with van der Waals surface area (Å²) in [5.74, 6) is 3.62. The highest BCUT2D eigenvalue weighted by molar-refractivity contribution is 7.99. The molecule has 2 aliphatic heterocycles. The van der Waals surface area contributed by atoms with Crippen molar-refractivity contribution < 1.29 is 0 Å². The molecule has 0 bridgehead atoms. The molecule has 18 heavy (non-hydrogen) atoms. The Morgan fingerprint density at radius 1 is 1.28 bits per heavy atom. The van der Waals surface area contributed by atoms with E-state index in [1.165, 1.54) is 56.9 Å². The van der Waals surface area contributed by atoms with Gasteiger partial charge in [-0.3, -0.25) is 4.90 Å². The third-order valence-corrected chi connectivity index (χ3v) is 6.07. The predicted molar refractivity (Wildman–Crippen MR) is 82.4 cm³/mol. The van der Waals surface area contributed by atoms with E-state index in [9.17, 15) is 0 Å². The van der Waals surface area contributed by atoms with Crippen LogP contribution in [-0.4, -0.2) is 48.6 Å². The number of nitrogens with one attached hydrogen (secondary N) is 1. The highest BCUT2D eigenvalue weighted by atomic mass is 32.2. The lowest BCUT2D eigenvalue weighted by atomic mass is 9.86. The van der Waals surface area contributed by atoms with Crippen LogP contribution in [0.1, 0.15) is 40.0 Å². The SMILES string of the molecule is CCN(CC1CCNCC1)C1CSCC(C)(C)C1. The zero-order valence-corrected chi connectivity index (χ0v) is 13.2. The molecule has 0 saturated carbocycles. The molecule has 2 aliphatic rings. The third-order valence-electron chi connectivity index (χ3n) is 4.47. The number of rotatable bonds is 4. The molecule has 0 spiro atoms. The molecule has 1 N–H and O–H groups in total. The first-order valence-electron chi connectivity index (χ1n) is 7.63. The molecule has 2 nitrogen and oxygen atoms in total. The van der Waals surface area contributed by atoms with E-state index in [1.807, 2.05) is 0 Å². The van der Waals surface area contributed by atoms with E-state index in [4.69, 9.17) is 0 Å². The zero-order chi connectivity index (χ0) is 13.0. The van der Waals surface area contributed by atoms with Crippen LogP contribution >= 0.6 is 11.8 Å². The minimum atomic E-state index is 0.537. The first-order chi connectivity index (χ1) is 8.61. The lowest BCUT2D eigenvalue weighted by Crippen LogP contribution is -2.46. The van der Waals surface area contributed by atoms with Crippen LogP contribution in [0, 0.1) is 11.3 Å². The Kier molecular flexibility index (Phi) is 5.40. The van der Waals surface area contributed by atoms with Gasteiger partial charge in [0.1, 0.15) is 0 Å². The Morgan fingerprint density at radius 3 is 2.61 bits per heavy atom. The monoisotopic (exact) mass is 270 g/mol. The second kappa shape index (κ2) is 6.62. The molecule has 2 fully saturated rings. The number of piperidine rings is 1. The lowest BCUT2D eigenvalue weighted by Gasteiger charge is -2.42. The Morgan fingerprint density at radius 2 is 2.00 bits per heavy atom. The van der Waals surface area contributed by atoms with Gasteiger partial charge in [-0.05, 0) is 56.0 Å². The molecule has 0 aromatic heterocycles. The van der Waals surface area contributed by atoms with Crippen molar-refractivity contribution >= 4 is 11.8 Å². The van der Waals surface area contributed by atoms with Gasteiger partial charge in [-0.25, -0.2) is 0 Å². The summed E-state index contributed by atoms with van der Waals surface area (Å²) in [5.41, 5.74) is 0.537. The van der Waals surface area contributed by atoms with Crippen molar-refractivity contribution in [3.05, 3.63) is 0 Å². The molecule has 106 valence electrons. The minimum Gasteiger partial charge on any atom is -0.317 e. The standard InChI is InChI=1S/C15H30N2S/c1-4-17(10-13-5-7-16-8-6-13)14-9-15(2,3)12-18-11-14/h13-14,16H,4-12H2,1-3H3. The summed E-state index contributed by atoms with van der Waals surface area (Å²) in [6, 6.07) is 0.818. The van der Waals surface area contributed by atoms with Gasteiger partial charge in [0.05, 0.1) is 0 Å². The average molecular weight is 270 g/mol. The second-order valence-corrected chi connectivity index (χ2v) is 7.85. The van der Waals surface area contributed by atoms with E-state index in [1.54, 1.807) is 0 Å². The van der Waals surface area contributed by atoms with Crippen molar-refractivity contribution in [2.75, 3.05) is 37.7 Å². The van der Waals surface area contributed by atoms with Crippen molar-refractivity contribution in [3.8, 4) is 0 Å². The molecule has 0 aromatic rings. The van der Waals surface area contributed by atoms with Gasteiger partial charge >= 0.3 is 0 Å². The lowest BCUT2D eigenvalue weighted by molar-refractivity contribution is 0.134. The number of thioether (sulfide) groups is 1. The van der Waals surface area contributed by atoms with Crippen LogP contribution in [0.15, 0.2) is 0 Å². The van der Waals surface area contributed by atoms with Gasteiger partial charge in [-0.15, -0.1) is 0 Å². The van der Waals surface area contributed by atoms with Crippen molar-refractivity contribution in [1.82, 2.24) is 10.2 Å².